The van der Waals surface area contributed by atoms with Gasteiger partial charge in [0.15, 0.2) is 5.13 Å². The summed E-state index contributed by atoms with van der Waals surface area (Å²) in [7, 11) is 0. The third-order valence-corrected chi connectivity index (χ3v) is 5.75. The van der Waals surface area contributed by atoms with Gasteiger partial charge in [0.05, 0.1) is 0 Å². The van der Waals surface area contributed by atoms with Crippen molar-refractivity contribution in [3.63, 3.8) is 0 Å². The van der Waals surface area contributed by atoms with Gasteiger partial charge in [0.25, 0.3) is 5.91 Å². The number of rotatable bonds is 4. The van der Waals surface area contributed by atoms with Gasteiger partial charge in [0.1, 0.15) is 5.69 Å². The zero-order valence-electron chi connectivity index (χ0n) is 16.8. The Morgan fingerprint density at radius 3 is 2.54 bits per heavy atom. The molecule has 1 heterocycles. The van der Waals surface area contributed by atoms with Gasteiger partial charge in [0.2, 0.25) is 0 Å². The summed E-state index contributed by atoms with van der Waals surface area (Å²) in [6.07, 6.45) is 3.14. The maximum absolute atomic E-state index is 12.6. The molecule has 2 aromatic rings. The average molecular weight is 401 g/mol. The molecule has 1 aromatic carbocycles. The largest absolute Gasteiger partial charge is 0.348 e. The van der Waals surface area contributed by atoms with Crippen LogP contribution in [-0.2, 0) is 0 Å². The molecule has 0 bridgehead atoms. The number of thiazole rings is 1. The number of hydrogen-bond acceptors (Lipinski definition) is 4. The minimum atomic E-state index is -0.381. The van der Waals surface area contributed by atoms with Crippen LogP contribution in [0.2, 0.25) is 0 Å². The summed E-state index contributed by atoms with van der Waals surface area (Å²) in [4.78, 5) is 28.9. The van der Waals surface area contributed by atoms with Crippen molar-refractivity contribution in [2.24, 2.45) is 11.3 Å². The summed E-state index contributed by atoms with van der Waals surface area (Å²) in [6.45, 7) is 8.72. The predicted octanol–water partition coefficient (Wildman–Crippen LogP) is 5.04. The normalized spacial score (nSPS) is 21.0. The molecule has 1 aromatic heterocycles. The lowest BCUT2D eigenvalue weighted by molar-refractivity contribution is 0.0870. The van der Waals surface area contributed by atoms with E-state index in [1.165, 1.54) is 17.8 Å². The number of amides is 3. The van der Waals surface area contributed by atoms with Gasteiger partial charge < -0.3 is 10.6 Å². The molecule has 0 radical (unpaired) electrons. The summed E-state index contributed by atoms with van der Waals surface area (Å²) < 4.78 is 0. The molecule has 1 saturated carbocycles. The minimum absolute atomic E-state index is 0.161. The lowest BCUT2D eigenvalue weighted by Crippen LogP contribution is -2.43. The zero-order valence-corrected chi connectivity index (χ0v) is 17.7. The number of carbonyl (C=O) groups is 2. The fourth-order valence-electron chi connectivity index (χ4n) is 4.05. The van der Waals surface area contributed by atoms with Gasteiger partial charge in [-0.15, -0.1) is 11.3 Å². The van der Waals surface area contributed by atoms with Crippen molar-refractivity contribution in [3.05, 3.63) is 40.9 Å². The standard InChI is InChI=1S/C21H28N4O2S/c1-13-5-7-15(8-6-13)23-19(27)25-20-24-17(12-28-20)18(26)22-16-9-14(2)10-21(3,4)11-16/h5-8,12,14,16H,9-11H2,1-4H3,(H,22,26)(H2,23,24,25,27). The molecule has 7 heteroatoms. The zero-order chi connectivity index (χ0) is 20.3. The second-order valence-corrected chi connectivity index (χ2v) is 9.42. The second kappa shape index (κ2) is 8.31. The van der Waals surface area contributed by atoms with E-state index in [2.05, 4.69) is 41.7 Å². The van der Waals surface area contributed by atoms with Crippen molar-refractivity contribution in [1.82, 2.24) is 10.3 Å². The Labute approximate surface area is 170 Å². The molecular weight excluding hydrogens is 372 g/mol. The van der Waals surface area contributed by atoms with E-state index < -0.39 is 0 Å². The molecule has 28 heavy (non-hydrogen) atoms. The first-order valence-electron chi connectivity index (χ1n) is 9.61. The van der Waals surface area contributed by atoms with Gasteiger partial charge in [-0.25, -0.2) is 9.78 Å². The van der Waals surface area contributed by atoms with E-state index >= 15 is 0 Å². The Bertz CT molecular complexity index is 844. The Morgan fingerprint density at radius 1 is 1.14 bits per heavy atom. The van der Waals surface area contributed by atoms with Gasteiger partial charge in [-0.3, -0.25) is 10.1 Å². The highest BCUT2D eigenvalue weighted by atomic mass is 32.1. The summed E-state index contributed by atoms with van der Waals surface area (Å²) in [5.74, 6) is 0.408. The number of urea groups is 1. The first kappa shape index (κ1) is 20.3. The topological polar surface area (TPSA) is 83.1 Å². The van der Waals surface area contributed by atoms with Crippen molar-refractivity contribution in [3.8, 4) is 0 Å². The minimum Gasteiger partial charge on any atom is -0.348 e. The van der Waals surface area contributed by atoms with Crippen LogP contribution in [0.4, 0.5) is 15.6 Å². The molecule has 2 unspecified atom stereocenters. The predicted molar refractivity (Wildman–Crippen MR) is 114 cm³/mol. The van der Waals surface area contributed by atoms with E-state index in [1.807, 2.05) is 31.2 Å². The van der Waals surface area contributed by atoms with E-state index in [-0.39, 0.29) is 23.4 Å². The summed E-state index contributed by atoms with van der Waals surface area (Å²) in [5, 5.41) is 10.6. The highest BCUT2D eigenvalue weighted by molar-refractivity contribution is 7.14. The van der Waals surface area contributed by atoms with Crippen molar-refractivity contribution in [1.29, 1.82) is 0 Å². The maximum atomic E-state index is 12.6. The van der Waals surface area contributed by atoms with E-state index in [0.717, 1.165) is 18.4 Å². The second-order valence-electron chi connectivity index (χ2n) is 8.57. The van der Waals surface area contributed by atoms with Crippen LogP contribution in [0.5, 0.6) is 0 Å². The Balaban J connectivity index is 1.55. The lowest BCUT2D eigenvalue weighted by Gasteiger charge is -2.39. The number of aryl methyl sites for hydroxylation is 1. The molecule has 1 fully saturated rings. The quantitative estimate of drug-likeness (QED) is 0.672. The van der Waals surface area contributed by atoms with E-state index in [0.29, 0.717) is 22.4 Å². The van der Waals surface area contributed by atoms with Crippen LogP contribution in [0.25, 0.3) is 0 Å². The number of benzene rings is 1. The molecule has 3 amide bonds. The summed E-state index contributed by atoms with van der Waals surface area (Å²) in [5.41, 5.74) is 2.40. The van der Waals surface area contributed by atoms with Crippen LogP contribution in [0, 0.1) is 18.3 Å². The van der Waals surface area contributed by atoms with Gasteiger partial charge in [0, 0.05) is 17.1 Å². The first-order valence-corrected chi connectivity index (χ1v) is 10.5. The van der Waals surface area contributed by atoms with Crippen LogP contribution in [-0.4, -0.2) is 23.0 Å². The smallest absolute Gasteiger partial charge is 0.325 e. The molecular formula is C21H28N4O2S. The van der Waals surface area contributed by atoms with Crippen molar-refractivity contribution in [2.45, 2.75) is 53.0 Å². The molecule has 0 aliphatic heterocycles. The molecule has 0 spiro atoms. The fourth-order valence-corrected chi connectivity index (χ4v) is 4.73. The number of hydrogen-bond donors (Lipinski definition) is 3. The summed E-state index contributed by atoms with van der Waals surface area (Å²) in [6, 6.07) is 7.30. The van der Waals surface area contributed by atoms with Crippen LogP contribution in [0.15, 0.2) is 29.6 Å². The summed E-state index contributed by atoms with van der Waals surface area (Å²) >= 11 is 1.24. The highest BCUT2D eigenvalue weighted by Crippen LogP contribution is 2.38. The Kier molecular flexibility index (Phi) is 6.03. The van der Waals surface area contributed by atoms with Gasteiger partial charge in [-0.05, 0) is 49.7 Å². The van der Waals surface area contributed by atoms with Gasteiger partial charge in [-0.1, -0.05) is 38.5 Å². The lowest BCUT2D eigenvalue weighted by atomic mass is 9.70. The molecule has 3 N–H and O–H groups in total. The van der Waals surface area contributed by atoms with Crippen molar-refractivity contribution in [2.75, 3.05) is 10.6 Å². The van der Waals surface area contributed by atoms with Crippen LogP contribution in [0.3, 0.4) is 0 Å². The molecule has 3 rings (SSSR count). The van der Waals surface area contributed by atoms with E-state index in [9.17, 15) is 9.59 Å². The number of anilines is 2. The molecule has 1 aliphatic carbocycles. The number of carbonyl (C=O) groups excluding carboxylic acids is 2. The molecule has 1 aliphatic rings. The Morgan fingerprint density at radius 2 is 1.86 bits per heavy atom. The van der Waals surface area contributed by atoms with Crippen molar-refractivity contribution < 1.29 is 9.59 Å². The van der Waals surface area contributed by atoms with Crippen LogP contribution < -0.4 is 16.0 Å². The Hall–Kier alpha value is -2.41. The van der Waals surface area contributed by atoms with Crippen LogP contribution in [0.1, 0.15) is 56.1 Å². The van der Waals surface area contributed by atoms with E-state index in [1.54, 1.807) is 5.38 Å². The monoisotopic (exact) mass is 400 g/mol. The van der Waals surface area contributed by atoms with Crippen LogP contribution >= 0.6 is 11.3 Å². The molecule has 2 atom stereocenters. The number of nitrogens with zero attached hydrogens (tertiary/aromatic N) is 1. The van der Waals surface area contributed by atoms with E-state index in [4.69, 9.17) is 0 Å². The van der Waals surface area contributed by atoms with Crippen molar-refractivity contribution >= 4 is 34.1 Å². The molecule has 6 nitrogen and oxygen atoms in total. The number of aromatic nitrogens is 1. The SMILES string of the molecule is Cc1ccc(NC(=O)Nc2nc(C(=O)NC3CC(C)CC(C)(C)C3)cs2)cc1. The first-order chi connectivity index (χ1) is 13.2. The molecule has 150 valence electrons. The maximum Gasteiger partial charge on any atom is 0.325 e. The third-order valence-electron chi connectivity index (χ3n) is 4.99. The average Bonchev–Trinajstić information content (AvgIpc) is 3.03. The number of nitrogens with one attached hydrogen (secondary N) is 3. The highest BCUT2D eigenvalue weighted by Gasteiger charge is 2.33. The molecule has 0 saturated heterocycles. The van der Waals surface area contributed by atoms with Gasteiger partial charge in [-0.2, -0.15) is 0 Å². The fraction of sp³-hybridized carbons (Fsp3) is 0.476. The third kappa shape index (κ3) is 5.55. The van der Waals surface area contributed by atoms with Gasteiger partial charge >= 0.3 is 6.03 Å².